The Kier molecular flexibility index (Phi) is 7.54. The Bertz CT molecular complexity index is 2330. The van der Waals surface area contributed by atoms with Crippen LogP contribution in [0.2, 0.25) is 0 Å². The molecule has 0 fully saturated rings. The quantitative estimate of drug-likeness (QED) is 0.158. The van der Waals surface area contributed by atoms with Gasteiger partial charge in [0.1, 0.15) is 0 Å². The molecule has 8 aromatic rings. The van der Waals surface area contributed by atoms with Crippen LogP contribution in [0.25, 0.3) is 11.1 Å². The fourth-order valence-corrected chi connectivity index (χ4v) is 8.69. The van der Waals surface area contributed by atoms with E-state index < -0.39 is 5.41 Å². The van der Waals surface area contributed by atoms with Crippen LogP contribution in [0.3, 0.4) is 0 Å². The van der Waals surface area contributed by atoms with Crippen molar-refractivity contribution in [1.29, 1.82) is 0 Å². The van der Waals surface area contributed by atoms with Gasteiger partial charge in [-0.05, 0) is 130 Å². The Morgan fingerprint density at radius 2 is 0.698 bits per heavy atom. The SMILES string of the molecule is c1ccc(N(c2ccccc2)c2ccc3c(c2)C(c2ccccc2)(c2ccc4c(c2)CC4)c2cc(N(c4ccccc4)c4ccccc4)ccc2-3)cc1. The van der Waals surface area contributed by atoms with Crippen LogP contribution in [0.5, 0.6) is 0 Å². The first kappa shape index (κ1) is 31.1. The van der Waals surface area contributed by atoms with Crippen molar-refractivity contribution in [2.75, 3.05) is 9.80 Å². The lowest BCUT2D eigenvalue weighted by Crippen LogP contribution is -2.30. The number of anilines is 6. The van der Waals surface area contributed by atoms with Crippen molar-refractivity contribution in [3.05, 3.63) is 240 Å². The molecular weight excluding hydrogens is 641 g/mol. The lowest BCUT2D eigenvalue weighted by molar-refractivity contribution is 0.751. The van der Waals surface area contributed by atoms with Crippen LogP contribution in [0, 0.1) is 0 Å². The van der Waals surface area contributed by atoms with Gasteiger partial charge in [-0.3, -0.25) is 0 Å². The zero-order valence-corrected chi connectivity index (χ0v) is 29.4. The molecule has 0 spiro atoms. The van der Waals surface area contributed by atoms with Crippen LogP contribution >= 0.6 is 0 Å². The molecular formula is C51H38N2. The van der Waals surface area contributed by atoms with Crippen molar-refractivity contribution in [3.8, 4) is 11.1 Å². The van der Waals surface area contributed by atoms with Crippen LogP contribution in [0.15, 0.2) is 206 Å². The summed E-state index contributed by atoms with van der Waals surface area (Å²) < 4.78 is 0. The van der Waals surface area contributed by atoms with Gasteiger partial charge in [-0.25, -0.2) is 0 Å². The van der Waals surface area contributed by atoms with Crippen LogP contribution < -0.4 is 9.80 Å². The number of aryl methyl sites for hydroxylation is 2. The maximum Gasteiger partial charge on any atom is 0.0715 e. The number of nitrogens with zero attached hydrogens (tertiary/aromatic N) is 2. The van der Waals surface area contributed by atoms with Gasteiger partial charge in [0, 0.05) is 34.1 Å². The van der Waals surface area contributed by atoms with Crippen molar-refractivity contribution >= 4 is 34.1 Å². The van der Waals surface area contributed by atoms with E-state index in [0.29, 0.717) is 0 Å². The van der Waals surface area contributed by atoms with Gasteiger partial charge in [-0.2, -0.15) is 0 Å². The van der Waals surface area contributed by atoms with Crippen LogP contribution in [-0.4, -0.2) is 0 Å². The summed E-state index contributed by atoms with van der Waals surface area (Å²) in [6.45, 7) is 0. The van der Waals surface area contributed by atoms with E-state index in [0.717, 1.165) is 47.0 Å². The average Bonchev–Trinajstić information content (AvgIpc) is 3.50. The Hall–Kier alpha value is -6.64. The van der Waals surface area contributed by atoms with Gasteiger partial charge in [-0.1, -0.05) is 133 Å². The minimum Gasteiger partial charge on any atom is -0.310 e. The van der Waals surface area contributed by atoms with Crippen LogP contribution in [0.1, 0.15) is 33.4 Å². The first-order valence-corrected chi connectivity index (χ1v) is 18.6. The van der Waals surface area contributed by atoms with E-state index >= 15 is 0 Å². The highest BCUT2D eigenvalue weighted by Gasteiger charge is 2.47. The summed E-state index contributed by atoms with van der Waals surface area (Å²) in [5, 5.41) is 0. The lowest BCUT2D eigenvalue weighted by Gasteiger charge is -2.37. The average molecular weight is 679 g/mol. The summed E-state index contributed by atoms with van der Waals surface area (Å²) in [5.74, 6) is 0. The molecule has 0 unspecified atom stereocenters. The van der Waals surface area contributed by atoms with Gasteiger partial charge < -0.3 is 9.80 Å². The highest BCUT2D eigenvalue weighted by atomic mass is 15.1. The number of hydrogen-bond donors (Lipinski definition) is 0. The molecule has 8 aromatic carbocycles. The van der Waals surface area contributed by atoms with Gasteiger partial charge in [0.25, 0.3) is 0 Å². The molecule has 2 aliphatic rings. The van der Waals surface area contributed by atoms with Crippen LogP contribution in [0.4, 0.5) is 34.1 Å². The minimum absolute atomic E-state index is 0.555. The largest absolute Gasteiger partial charge is 0.310 e. The summed E-state index contributed by atoms with van der Waals surface area (Å²) >= 11 is 0. The second-order valence-corrected chi connectivity index (χ2v) is 14.1. The summed E-state index contributed by atoms with van der Waals surface area (Å²) in [5.41, 5.74) is 16.9. The molecule has 0 atom stereocenters. The Labute approximate surface area is 311 Å². The van der Waals surface area contributed by atoms with E-state index in [9.17, 15) is 0 Å². The van der Waals surface area contributed by atoms with Gasteiger partial charge in [-0.15, -0.1) is 0 Å². The maximum atomic E-state index is 2.50. The predicted octanol–water partition coefficient (Wildman–Crippen LogP) is 13.1. The fraction of sp³-hybridized carbons (Fsp3) is 0.0588. The molecule has 0 heterocycles. The topological polar surface area (TPSA) is 6.48 Å². The Morgan fingerprint density at radius 3 is 1.08 bits per heavy atom. The zero-order chi connectivity index (χ0) is 35.2. The highest BCUT2D eigenvalue weighted by molar-refractivity contribution is 5.92. The lowest BCUT2D eigenvalue weighted by atomic mass is 9.66. The molecule has 2 nitrogen and oxygen atoms in total. The fourth-order valence-electron chi connectivity index (χ4n) is 8.69. The molecule has 0 saturated heterocycles. The summed E-state index contributed by atoms with van der Waals surface area (Å²) in [4.78, 5) is 4.77. The second kappa shape index (κ2) is 12.8. The predicted molar refractivity (Wildman–Crippen MR) is 221 cm³/mol. The van der Waals surface area contributed by atoms with E-state index in [-0.39, 0.29) is 0 Å². The molecule has 0 radical (unpaired) electrons. The first-order chi connectivity index (χ1) is 26.3. The molecule has 10 rings (SSSR count). The first-order valence-electron chi connectivity index (χ1n) is 18.6. The minimum atomic E-state index is -0.555. The molecule has 0 N–H and O–H groups in total. The third-order valence-electron chi connectivity index (χ3n) is 11.2. The van der Waals surface area contributed by atoms with Gasteiger partial charge in [0.15, 0.2) is 0 Å². The van der Waals surface area contributed by atoms with E-state index in [4.69, 9.17) is 0 Å². The number of benzene rings is 8. The van der Waals surface area contributed by atoms with Gasteiger partial charge in [0.05, 0.1) is 5.41 Å². The van der Waals surface area contributed by atoms with Crippen molar-refractivity contribution in [2.45, 2.75) is 18.3 Å². The molecule has 2 aliphatic carbocycles. The summed E-state index contributed by atoms with van der Waals surface area (Å²) in [7, 11) is 0. The number of hydrogen-bond acceptors (Lipinski definition) is 2. The monoisotopic (exact) mass is 678 g/mol. The van der Waals surface area contributed by atoms with Crippen molar-refractivity contribution in [3.63, 3.8) is 0 Å². The summed E-state index contributed by atoms with van der Waals surface area (Å²) in [6.07, 6.45) is 2.28. The number of fused-ring (bicyclic) bond motifs is 4. The molecule has 0 aliphatic heterocycles. The van der Waals surface area contributed by atoms with Gasteiger partial charge in [0.2, 0.25) is 0 Å². The molecule has 0 amide bonds. The van der Waals surface area contributed by atoms with E-state index in [1.165, 1.54) is 44.5 Å². The molecule has 0 bridgehead atoms. The van der Waals surface area contributed by atoms with E-state index in [1.54, 1.807) is 0 Å². The molecule has 2 heteroatoms. The van der Waals surface area contributed by atoms with E-state index in [1.807, 2.05) is 0 Å². The molecule has 252 valence electrons. The summed E-state index contributed by atoms with van der Waals surface area (Å²) in [6, 6.07) is 75.6. The van der Waals surface area contributed by atoms with E-state index in [2.05, 4.69) is 216 Å². The number of rotatable bonds is 8. The van der Waals surface area contributed by atoms with Gasteiger partial charge >= 0.3 is 0 Å². The molecule has 0 saturated carbocycles. The zero-order valence-electron chi connectivity index (χ0n) is 29.4. The van der Waals surface area contributed by atoms with Crippen molar-refractivity contribution < 1.29 is 0 Å². The number of para-hydroxylation sites is 4. The van der Waals surface area contributed by atoms with Crippen molar-refractivity contribution in [2.24, 2.45) is 0 Å². The standard InChI is InChI=1S/C51H38N2/c1-6-16-39(17-7-1)51(40-29-28-37-26-27-38(37)34-40)49-35-45(52(41-18-8-2-9-19-41)42-20-10-3-11-21-42)30-32-47(49)48-33-31-46(36-50(48)51)53(43-22-12-4-13-23-43)44-24-14-5-15-25-44/h1-25,28-36H,26-27H2. The highest BCUT2D eigenvalue weighted by Crippen LogP contribution is 2.58. The Balaban J connectivity index is 1.27. The Morgan fingerprint density at radius 1 is 0.302 bits per heavy atom. The maximum absolute atomic E-state index is 2.50. The molecule has 0 aromatic heterocycles. The van der Waals surface area contributed by atoms with Crippen molar-refractivity contribution in [1.82, 2.24) is 0 Å². The smallest absolute Gasteiger partial charge is 0.0715 e. The van der Waals surface area contributed by atoms with Crippen LogP contribution in [-0.2, 0) is 18.3 Å². The molecule has 53 heavy (non-hydrogen) atoms. The third-order valence-corrected chi connectivity index (χ3v) is 11.2. The second-order valence-electron chi connectivity index (χ2n) is 14.1. The normalized spacial score (nSPS) is 13.3. The third kappa shape index (κ3) is 5.10.